The van der Waals surface area contributed by atoms with Crippen LogP contribution in [0.3, 0.4) is 0 Å². The van der Waals surface area contributed by atoms with E-state index in [-0.39, 0.29) is 10.5 Å². The van der Waals surface area contributed by atoms with Crippen molar-refractivity contribution in [1.82, 2.24) is 10.2 Å². The highest BCUT2D eigenvalue weighted by molar-refractivity contribution is 5.96. The molecule has 0 aromatic carbocycles. The summed E-state index contributed by atoms with van der Waals surface area (Å²) >= 11 is 0. The standard InChI is InChI=1S/C12H18N4O/c1-9-13-11-7-15(10-5-3-4-6-10)8-16(11,2)12(17)14-9/h7,10H,3-6,8H2,1-2H3/p+1. The molecule has 92 valence electrons. The maximum absolute atomic E-state index is 12.1. The molecule has 3 rings (SSSR count). The third-order valence-electron chi connectivity index (χ3n) is 4.05. The number of quaternary nitrogens is 1. The van der Waals surface area contributed by atoms with Crippen LogP contribution in [-0.2, 0) is 0 Å². The smallest absolute Gasteiger partial charge is 0.321 e. The second-order valence-corrected chi connectivity index (χ2v) is 5.40. The fraction of sp³-hybridized carbons (Fsp3) is 0.667. The van der Waals surface area contributed by atoms with E-state index < -0.39 is 0 Å². The first-order chi connectivity index (χ1) is 8.09. The van der Waals surface area contributed by atoms with Crippen molar-refractivity contribution < 1.29 is 9.28 Å². The first-order valence-corrected chi connectivity index (χ1v) is 6.30. The van der Waals surface area contributed by atoms with E-state index >= 15 is 0 Å². The zero-order chi connectivity index (χ0) is 12.0. The van der Waals surface area contributed by atoms with Gasteiger partial charge in [-0.25, -0.2) is 4.79 Å². The Kier molecular flexibility index (Phi) is 2.26. The van der Waals surface area contributed by atoms with Gasteiger partial charge in [-0.15, -0.1) is 0 Å². The summed E-state index contributed by atoms with van der Waals surface area (Å²) in [6.45, 7) is 2.56. The summed E-state index contributed by atoms with van der Waals surface area (Å²) in [5.74, 6) is 1.57. The Balaban J connectivity index is 1.90. The molecular formula is C12H19N4O+. The van der Waals surface area contributed by atoms with E-state index in [9.17, 15) is 4.79 Å². The number of hydrogen-bond donors (Lipinski definition) is 1. The molecule has 2 aliphatic heterocycles. The molecule has 0 aromatic heterocycles. The molecule has 5 nitrogen and oxygen atoms in total. The molecule has 1 fully saturated rings. The summed E-state index contributed by atoms with van der Waals surface area (Å²) < 4.78 is 0.272. The molecule has 2 amide bonds. The molecule has 0 radical (unpaired) electrons. The molecule has 2 heterocycles. The number of carbonyl (C=O) groups excluding carboxylic acids is 1. The van der Waals surface area contributed by atoms with E-state index in [2.05, 4.69) is 21.4 Å². The van der Waals surface area contributed by atoms with Crippen molar-refractivity contribution in [3.63, 3.8) is 0 Å². The molecule has 0 bridgehead atoms. The molecule has 1 N–H and O–H groups in total. The van der Waals surface area contributed by atoms with Crippen molar-refractivity contribution in [2.24, 2.45) is 4.99 Å². The van der Waals surface area contributed by atoms with Crippen LogP contribution >= 0.6 is 0 Å². The zero-order valence-corrected chi connectivity index (χ0v) is 10.4. The molecule has 17 heavy (non-hydrogen) atoms. The van der Waals surface area contributed by atoms with Crippen molar-refractivity contribution in [1.29, 1.82) is 0 Å². The second-order valence-electron chi connectivity index (χ2n) is 5.40. The molecule has 1 atom stereocenters. The SMILES string of the molecule is CC1=NC2=CN(C3CCCC3)C[N+]2(C)C(=O)N1. The fourth-order valence-electron chi connectivity index (χ4n) is 2.96. The number of nitrogens with zero attached hydrogens (tertiary/aromatic N) is 3. The maximum atomic E-state index is 12.1. The predicted molar refractivity (Wildman–Crippen MR) is 64.9 cm³/mol. The molecular weight excluding hydrogens is 216 g/mol. The number of urea groups is 1. The molecule has 3 aliphatic rings. The number of nitrogens with one attached hydrogen (secondary N) is 1. The number of rotatable bonds is 1. The monoisotopic (exact) mass is 235 g/mol. The summed E-state index contributed by atoms with van der Waals surface area (Å²) in [4.78, 5) is 18.9. The number of hydrogen-bond acceptors (Lipinski definition) is 3. The summed E-state index contributed by atoms with van der Waals surface area (Å²) in [6.07, 6.45) is 7.19. The Bertz CT molecular complexity index is 422. The largest absolute Gasteiger partial charge is 0.429 e. The lowest BCUT2D eigenvalue weighted by atomic mass is 10.2. The van der Waals surface area contributed by atoms with Gasteiger partial charge in [-0.1, -0.05) is 12.8 Å². The van der Waals surface area contributed by atoms with E-state index in [1.54, 1.807) is 0 Å². The lowest BCUT2D eigenvalue weighted by molar-refractivity contribution is -0.794. The molecule has 1 saturated carbocycles. The summed E-state index contributed by atoms with van der Waals surface area (Å²) in [5, 5.41) is 2.82. The molecule has 5 heteroatoms. The van der Waals surface area contributed by atoms with Gasteiger partial charge in [-0.05, 0) is 19.8 Å². The quantitative estimate of drug-likeness (QED) is 0.701. The Morgan fingerprint density at radius 2 is 2.18 bits per heavy atom. The van der Waals surface area contributed by atoms with Crippen molar-refractivity contribution in [2.45, 2.75) is 38.6 Å². The third kappa shape index (κ3) is 1.57. The molecule has 0 saturated heterocycles. The molecule has 0 aromatic rings. The number of fused-ring (bicyclic) bond motifs is 1. The van der Waals surface area contributed by atoms with Crippen LogP contribution in [0.15, 0.2) is 17.0 Å². The van der Waals surface area contributed by atoms with E-state index in [4.69, 9.17) is 0 Å². The summed E-state index contributed by atoms with van der Waals surface area (Å²) in [6, 6.07) is 0.635. The van der Waals surface area contributed by atoms with Gasteiger partial charge in [-0.3, -0.25) is 5.32 Å². The summed E-state index contributed by atoms with van der Waals surface area (Å²) in [5.41, 5.74) is 0. The van der Waals surface area contributed by atoms with Crippen LogP contribution in [-0.4, -0.2) is 41.0 Å². The zero-order valence-electron chi connectivity index (χ0n) is 10.4. The minimum absolute atomic E-state index is 0.0317. The number of carbonyl (C=O) groups is 1. The van der Waals surface area contributed by atoms with Gasteiger partial charge in [0.15, 0.2) is 6.67 Å². The molecule has 1 aliphatic carbocycles. The van der Waals surface area contributed by atoms with Crippen molar-refractivity contribution in [3.05, 3.63) is 12.0 Å². The Hall–Kier alpha value is -1.36. The van der Waals surface area contributed by atoms with Crippen LogP contribution in [0.25, 0.3) is 0 Å². The first kappa shape index (κ1) is 10.8. The normalized spacial score (nSPS) is 33.3. The van der Waals surface area contributed by atoms with Gasteiger partial charge in [0.05, 0.1) is 13.2 Å². The van der Waals surface area contributed by atoms with Crippen LogP contribution < -0.4 is 5.32 Å². The van der Waals surface area contributed by atoms with Gasteiger partial charge in [0, 0.05) is 6.04 Å². The van der Waals surface area contributed by atoms with Gasteiger partial charge in [0.25, 0.3) is 5.82 Å². The van der Waals surface area contributed by atoms with Gasteiger partial charge >= 0.3 is 6.03 Å². The second kappa shape index (κ2) is 3.57. The van der Waals surface area contributed by atoms with Gasteiger partial charge in [-0.2, -0.15) is 9.48 Å². The maximum Gasteiger partial charge on any atom is 0.429 e. The highest BCUT2D eigenvalue weighted by Crippen LogP contribution is 2.33. The summed E-state index contributed by atoms with van der Waals surface area (Å²) in [7, 11) is 1.94. The lowest BCUT2D eigenvalue weighted by Crippen LogP contribution is -2.57. The van der Waals surface area contributed by atoms with Crippen molar-refractivity contribution in [2.75, 3.05) is 13.7 Å². The number of aliphatic imine (C=N–C) groups is 1. The van der Waals surface area contributed by atoms with E-state index in [1.165, 1.54) is 25.7 Å². The van der Waals surface area contributed by atoms with Gasteiger partial charge in [0.1, 0.15) is 5.84 Å². The van der Waals surface area contributed by atoms with Crippen LogP contribution in [0.2, 0.25) is 0 Å². The van der Waals surface area contributed by atoms with Crippen LogP contribution in [0.1, 0.15) is 32.6 Å². The highest BCUT2D eigenvalue weighted by Gasteiger charge is 2.47. The van der Waals surface area contributed by atoms with Crippen LogP contribution in [0.4, 0.5) is 4.79 Å². The molecule has 1 unspecified atom stereocenters. The Morgan fingerprint density at radius 1 is 1.47 bits per heavy atom. The van der Waals surface area contributed by atoms with E-state index in [1.807, 2.05) is 14.0 Å². The van der Waals surface area contributed by atoms with Gasteiger partial charge in [0.2, 0.25) is 0 Å². The third-order valence-corrected chi connectivity index (χ3v) is 4.05. The van der Waals surface area contributed by atoms with Gasteiger partial charge < -0.3 is 4.90 Å². The minimum Gasteiger partial charge on any atom is -0.321 e. The minimum atomic E-state index is 0.0317. The lowest BCUT2D eigenvalue weighted by Gasteiger charge is -2.31. The Labute approximate surface area is 101 Å². The fourth-order valence-corrected chi connectivity index (χ4v) is 2.96. The average Bonchev–Trinajstić information content (AvgIpc) is 2.86. The Morgan fingerprint density at radius 3 is 2.88 bits per heavy atom. The van der Waals surface area contributed by atoms with Crippen molar-refractivity contribution >= 4 is 11.9 Å². The van der Waals surface area contributed by atoms with Crippen LogP contribution in [0, 0.1) is 0 Å². The number of amidine groups is 1. The molecule has 0 spiro atoms. The number of amides is 2. The van der Waals surface area contributed by atoms with Crippen LogP contribution in [0.5, 0.6) is 0 Å². The van der Waals surface area contributed by atoms with E-state index in [0.29, 0.717) is 11.9 Å². The topological polar surface area (TPSA) is 44.7 Å². The van der Waals surface area contributed by atoms with E-state index in [0.717, 1.165) is 12.5 Å². The average molecular weight is 235 g/mol. The first-order valence-electron chi connectivity index (χ1n) is 6.30. The highest BCUT2D eigenvalue weighted by atomic mass is 16.2. The van der Waals surface area contributed by atoms with Crippen molar-refractivity contribution in [3.8, 4) is 0 Å². The predicted octanol–water partition coefficient (Wildman–Crippen LogP) is 1.59.